The lowest BCUT2D eigenvalue weighted by molar-refractivity contribution is -0.167. The molecule has 1 atom stereocenters. The molecule has 0 aromatic carbocycles. The van der Waals surface area contributed by atoms with Crippen LogP contribution in [0.3, 0.4) is 0 Å². The standard InChI is InChI=1S/C49H84O6/c1-4-7-10-13-16-18-20-22-24-26-27-29-31-33-36-39-42-48(51)54-45-46(44-53-47(50)41-38-35-15-12-9-6-3)55-49(52)43-40-37-34-32-30-28-25-23-21-19-17-14-11-8-5-2/h8,11,17-20,23-26,46H,4-7,9-10,12-16,21-22,27-45H2,1-3H3/b11-8-,19-17-,20-18-,25-23-,26-24-. The minimum atomic E-state index is -0.784. The van der Waals surface area contributed by atoms with Crippen molar-refractivity contribution in [3.05, 3.63) is 60.8 Å². The normalized spacial score (nSPS) is 12.6. The Morgan fingerprint density at radius 3 is 1.13 bits per heavy atom. The van der Waals surface area contributed by atoms with Gasteiger partial charge in [0.2, 0.25) is 0 Å². The smallest absolute Gasteiger partial charge is 0.306 e. The Morgan fingerprint density at radius 2 is 0.709 bits per heavy atom. The molecule has 0 aromatic rings. The van der Waals surface area contributed by atoms with Gasteiger partial charge >= 0.3 is 17.9 Å². The minimum absolute atomic E-state index is 0.0866. The lowest BCUT2D eigenvalue weighted by atomic mass is 10.1. The van der Waals surface area contributed by atoms with Crippen LogP contribution in [0, 0.1) is 0 Å². The van der Waals surface area contributed by atoms with Crippen LogP contribution in [-0.4, -0.2) is 37.2 Å². The molecule has 0 radical (unpaired) electrons. The van der Waals surface area contributed by atoms with E-state index in [1.165, 1.54) is 57.8 Å². The molecule has 55 heavy (non-hydrogen) atoms. The zero-order valence-corrected chi connectivity index (χ0v) is 35.9. The molecule has 0 aromatic heterocycles. The van der Waals surface area contributed by atoms with Gasteiger partial charge in [-0.05, 0) is 83.5 Å². The number of ether oxygens (including phenoxy) is 3. The van der Waals surface area contributed by atoms with Crippen LogP contribution in [0.4, 0.5) is 0 Å². The second-order valence-corrected chi connectivity index (χ2v) is 14.9. The second kappa shape index (κ2) is 43.8. The molecule has 6 nitrogen and oxygen atoms in total. The highest BCUT2D eigenvalue weighted by Crippen LogP contribution is 2.13. The van der Waals surface area contributed by atoms with E-state index < -0.39 is 6.10 Å². The van der Waals surface area contributed by atoms with Crippen LogP contribution in [0.1, 0.15) is 213 Å². The largest absolute Gasteiger partial charge is 0.462 e. The maximum absolute atomic E-state index is 12.7. The summed E-state index contributed by atoms with van der Waals surface area (Å²) in [4.78, 5) is 37.6. The van der Waals surface area contributed by atoms with E-state index in [9.17, 15) is 14.4 Å². The van der Waals surface area contributed by atoms with Crippen molar-refractivity contribution in [2.24, 2.45) is 0 Å². The lowest BCUT2D eigenvalue weighted by Crippen LogP contribution is -2.30. The predicted molar refractivity (Wildman–Crippen MR) is 233 cm³/mol. The van der Waals surface area contributed by atoms with Gasteiger partial charge in [-0.2, -0.15) is 0 Å². The van der Waals surface area contributed by atoms with E-state index in [0.29, 0.717) is 19.3 Å². The number of carbonyl (C=O) groups excluding carboxylic acids is 3. The van der Waals surface area contributed by atoms with Crippen molar-refractivity contribution in [3.63, 3.8) is 0 Å². The molecule has 316 valence electrons. The molecule has 0 N–H and O–H groups in total. The van der Waals surface area contributed by atoms with Crippen LogP contribution in [0.2, 0.25) is 0 Å². The summed E-state index contributed by atoms with van der Waals surface area (Å²) in [6, 6.07) is 0. The Balaban J connectivity index is 4.33. The first kappa shape index (κ1) is 52.1. The van der Waals surface area contributed by atoms with Gasteiger partial charge in [-0.1, -0.05) is 171 Å². The highest BCUT2D eigenvalue weighted by molar-refractivity contribution is 5.71. The zero-order chi connectivity index (χ0) is 40.1. The molecule has 0 aliphatic heterocycles. The fourth-order valence-electron chi connectivity index (χ4n) is 6.07. The van der Waals surface area contributed by atoms with E-state index in [0.717, 1.165) is 116 Å². The number of hydrogen-bond donors (Lipinski definition) is 0. The van der Waals surface area contributed by atoms with Gasteiger partial charge in [0.25, 0.3) is 0 Å². The molecular weight excluding hydrogens is 685 g/mol. The van der Waals surface area contributed by atoms with Crippen molar-refractivity contribution < 1.29 is 28.6 Å². The van der Waals surface area contributed by atoms with Gasteiger partial charge in [-0.15, -0.1) is 0 Å². The molecule has 0 aliphatic rings. The maximum atomic E-state index is 12.7. The molecule has 0 rings (SSSR count). The topological polar surface area (TPSA) is 78.9 Å². The van der Waals surface area contributed by atoms with Crippen molar-refractivity contribution in [2.45, 2.75) is 219 Å². The fraction of sp³-hybridized carbons (Fsp3) is 0.735. The van der Waals surface area contributed by atoms with E-state index in [4.69, 9.17) is 14.2 Å². The van der Waals surface area contributed by atoms with Crippen LogP contribution in [0.5, 0.6) is 0 Å². The quantitative estimate of drug-likeness (QED) is 0.0267. The molecule has 0 saturated carbocycles. The summed E-state index contributed by atoms with van der Waals surface area (Å²) in [7, 11) is 0. The number of allylic oxidation sites excluding steroid dienone is 10. The molecular formula is C49H84O6. The first-order chi connectivity index (χ1) is 27.0. The Labute approximate surface area is 339 Å². The Morgan fingerprint density at radius 1 is 0.382 bits per heavy atom. The van der Waals surface area contributed by atoms with Crippen molar-refractivity contribution >= 4 is 17.9 Å². The van der Waals surface area contributed by atoms with E-state index in [1.54, 1.807) is 0 Å². The van der Waals surface area contributed by atoms with Crippen LogP contribution in [0.25, 0.3) is 0 Å². The van der Waals surface area contributed by atoms with Crippen molar-refractivity contribution in [3.8, 4) is 0 Å². The SMILES string of the molecule is CC/C=C\C/C=C\C/C=C\CCCCCCCC(=O)OC(COC(=O)CCCCCCCC)COC(=O)CCCCCCC/C=C\C/C=C\CCCCCC. The second-order valence-electron chi connectivity index (χ2n) is 14.9. The number of rotatable bonds is 40. The molecule has 1 unspecified atom stereocenters. The summed E-state index contributed by atoms with van der Waals surface area (Å²) < 4.78 is 16.6. The van der Waals surface area contributed by atoms with Gasteiger partial charge < -0.3 is 14.2 Å². The Bertz CT molecular complexity index is 1020. The maximum Gasteiger partial charge on any atom is 0.306 e. The van der Waals surface area contributed by atoms with E-state index in [1.807, 2.05) is 0 Å². The van der Waals surface area contributed by atoms with Gasteiger partial charge in [-0.25, -0.2) is 0 Å². The predicted octanol–water partition coefficient (Wildman–Crippen LogP) is 14.5. The van der Waals surface area contributed by atoms with Gasteiger partial charge in [0.05, 0.1) is 0 Å². The highest BCUT2D eigenvalue weighted by atomic mass is 16.6. The first-order valence-electron chi connectivity index (χ1n) is 22.8. The third kappa shape index (κ3) is 42.1. The molecule has 0 heterocycles. The summed E-state index contributed by atoms with van der Waals surface area (Å²) >= 11 is 0. The summed E-state index contributed by atoms with van der Waals surface area (Å²) in [5.74, 6) is -0.931. The molecule has 0 bridgehead atoms. The number of carbonyl (C=O) groups is 3. The van der Waals surface area contributed by atoms with Gasteiger partial charge in [0, 0.05) is 19.3 Å². The summed E-state index contributed by atoms with van der Waals surface area (Å²) in [6.45, 7) is 6.41. The molecule has 6 heteroatoms. The summed E-state index contributed by atoms with van der Waals surface area (Å²) in [5.41, 5.74) is 0. The fourth-order valence-corrected chi connectivity index (χ4v) is 6.07. The van der Waals surface area contributed by atoms with E-state index in [-0.39, 0.29) is 31.1 Å². The molecule has 0 spiro atoms. The monoisotopic (exact) mass is 769 g/mol. The average molecular weight is 769 g/mol. The van der Waals surface area contributed by atoms with Crippen molar-refractivity contribution in [2.75, 3.05) is 13.2 Å². The van der Waals surface area contributed by atoms with Crippen LogP contribution in [-0.2, 0) is 28.6 Å². The molecule has 0 fully saturated rings. The third-order valence-electron chi connectivity index (χ3n) is 9.51. The Kier molecular flexibility index (Phi) is 41.5. The molecule has 0 aliphatic carbocycles. The first-order valence-corrected chi connectivity index (χ1v) is 22.8. The Hall–Kier alpha value is -2.89. The highest BCUT2D eigenvalue weighted by Gasteiger charge is 2.19. The van der Waals surface area contributed by atoms with Crippen LogP contribution < -0.4 is 0 Å². The number of hydrogen-bond acceptors (Lipinski definition) is 6. The minimum Gasteiger partial charge on any atom is -0.462 e. The van der Waals surface area contributed by atoms with Crippen molar-refractivity contribution in [1.82, 2.24) is 0 Å². The van der Waals surface area contributed by atoms with E-state index >= 15 is 0 Å². The summed E-state index contributed by atoms with van der Waals surface area (Å²) in [6.07, 6.45) is 52.2. The van der Waals surface area contributed by atoms with Gasteiger partial charge in [0.1, 0.15) is 13.2 Å². The van der Waals surface area contributed by atoms with Gasteiger partial charge in [0.15, 0.2) is 6.10 Å². The van der Waals surface area contributed by atoms with Gasteiger partial charge in [-0.3, -0.25) is 14.4 Å². The number of esters is 3. The molecule has 0 amide bonds. The average Bonchev–Trinajstić information content (AvgIpc) is 3.18. The van der Waals surface area contributed by atoms with Crippen molar-refractivity contribution in [1.29, 1.82) is 0 Å². The lowest BCUT2D eigenvalue weighted by Gasteiger charge is -2.18. The van der Waals surface area contributed by atoms with E-state index in [2.05, 4.69) is 81.5 Å². The number of unbranched alkanes of at least 4 members (excludes halogenated alkanes) is 19. The zero-order valence-electron chi connectivity index (χ0n) is 35.9. The van der Waals surface area contributed by atoms with Crippen LogP contribution in [0.15, 0.2) is 60.8 Å². The van der Waals surface area contributed by atoms with Crippen LogP contribution >= 0.6 is 0 Å². The third-order valence-corrected chi connectivity index (χ3v) is 9.51. The molecule has 0 saturated heterocycles. The summed E-state index contributed by atoms with van der Waals surface area (Å²) in [5, 5.41) is 0.